The zero-order valence-corrected chi connectivity index (χ0v) is 19.4. The van der Waals surface area contributed by atoms with Gasteiger partial charge in [0.15, 0.2) is 5.82 Å². The van der Waals surface area contributed by atoms with E-state index in [0.29, 0.717) is 32.8 Å². The second-order valence-corrected chi connectivity index (χ2v) is 8.94. The average Bonchev–Trinajstić information content (AvgIpc) is 3.31. The molecule has 0 aliphatic carbocycles. The third-order valence-corrected chi connectivity index (χ3v) is 6.72. The van der Waals surface area contributed by atoms with E-state index in [1.54, 1.807) is 46.8 Å². The van der Waals surface area contributed by atoms with Crippen LogP contribution in [0.1, 0.15) is 43.1 Å². The summed E-state index contributed by atoms with van der Waals surface area (Å²) >= 11 is 12.4. The van der Waals surface area contributed by atoms with Gasteiger partial charge < -0.3 is 5.32 Å². The number of rotatable bonds is 3. The summed E-state index contributed by atoms with van der Waals surface area (Å²) in [6, 6.07) is 12.4. The molecule has 0 radical (unpaired) electrons. The summed E-state index contributed by atoms with van der Waals surface area (Å²) in [4.78, 5) is 28.5. The molecular formula is C24H19Cl2N5O2. The number of hydrogen-bond donors (Lipinski definition) is 1. The summed E-state index contributed by atoms with van der Waals surface area (Å²) in [5, 5.41) is 12.8. The standard InChI is InChI=1S/C24H19Cl2N5O2/c1-3-4-11-30-19-10-9-17(26)12-18(19)24(23(30)33)13-20(32)27-22-21(24)28-29-31(22)14(2)15-5-7-16(25)8-6-15/h5-10,12,14H,11,13H2,1-2H3,(H,27,32)/t14-,24+/m0/s1. The predicted molar refractivity (Wildman–Crippen MR) is 127 cm³/mol. The van der Waals surface area contributed by atoms with Crippen LogP contribution >= 0.6 is 23.2 Å². The molecule has 2 atom stereocenters. The van der Waals surface area contributed by atoms with Gasteiger partial charge in [0.2, 0.25) is 11.8 Å². The van der Waals surface area contributed by atoms with Gasteiger partial charge in [-0.2, -0.15) is 0 Å². The Kier molecular flexibility index (Phi) is 5.15. The number of amides is 2. The molecule has 0 saturated heterocycles. The van der Waals surface area contributed by atoms with E-state index in [2.05, 4.69) is 27.5 Å². The molecule has 1 spiro atoms. The second kappa shape index (κ2) is 7.91. The highest BCUT2D eigenvalue weighted by Crippen LogP contribution is 2.52. The van der Waals surface area contributed by atoms with E-state index in [1.165, 1.54) is 0 Å². The number of nitrogens with one attached hydrogen (secondary N) is 1. The van der Waals surface area contributed by atoms with Crippen LogP contribution < -0.4 is 10.2 Å². The van der Waals surface area contributed by atoms with Crippen LogP contribution in [0.4, 0.5) is 11.5 Å². The van der Waals surface area contributed by atoms with Gasteiger partial charge in [-0.1, -0.05) is 46.5 Å². The third kappa shape index (κ3) is 3.21. The van der Waals surface area contributed by atoms with Gasteiger partial charge in [0.25, 0.3) is 0 Å². The topological polar surface area (TPSA) is 80.1 Å². The van der Waals surface area contributed by atoms with Crippen LogP contribution in [0.5, 0.6) is 0 Å². The maximum atomic E-state index is 13.9. The molecule has 0 saturated carbocycles. The van der Waals surface area contributed by atoms with Crippen LogP contribution in [-0.4, -0.2) is 33.4 Å². The first-order chi connectivity index (χ1) is 15.9. The van der Waals surface area contributed by atoms with Gasteiger partial charge in [-0.05, 0) is 55.3 Å². The number of anilines is 2. The van der Waals surface area contributed by atoms with Crippen molar-refractivity contribution >= 4 is 46.5 Å². The normalized spacial score (nSPS) is 19.6. The molecule has 2 aromatic carbocycles. The van der Waals surface area contributed by atoms with Crippen LogP contribution in [0.25, 0.3) is 0 Å². The van der Waals surface area contributed by atoms with Crippen molar-refractivity contribution in [3.63, 3.8) is 0 Å². The molecule has 2 aliphatic rings. The maximum Gasteiger partial charge on any atom is 0.245 e. The summed E-state index contributed by atoms with van der Waals surface area (Å²) in [5.74, 6) is 5.62. The Labute approximate surface area is 200 Å². The Hall–Kier alpha value is -3.34. The Morgan fingerprint density at radius 3 is 2.61 bits per heavy atom. The van der Waals surface area contributed by atoms with Crippen molar-refractivity contribution in [3.8, 4) is 11.8 Å². The Morgan fingerprint density at radius 2 is 1.88 bits per heavy atom. The maximum absolute atomic E-state index is 13.9. The first-order valence-corrected chi connectivity index (χ1v) is 11.1. The molecule has 166 valence electrons. The lowest BCUT2D eigenvalue weighted by Crippen LogP contribution is -2.47. The summed E-state index contributed by atoms with van der Waals surface area (Å²) < 4.78 is 1.63. The van der Waals surface area contributed by atoms with Crippen LogP contribution in [0.15, 0.2) is 42.5 Å². The highest BCUT2D eigenvalue weighted by Gasteiger charge is 2.58. The summed E-state index contributed by atoms with van der Waals surface area (Å²) in [6.45, 7) is 3.86. The quantitative estimate of drug-likeness (QED) is 0.571. The van der Waals surface area contributed by atoms with Crippen molar-refractivity contribution in [2.45, 2.75) is 31.7 Å². The van der Waals surface area contributed by atoms with Gasteiger partial charge in [0, 0.05) is 15.7 Å². The van der Waals surface area contributed by atoms with Gasteiger partial charge in [0.05, 0.1) is 19.0 Å². The molecule has 1 aromatic heterocycles. The molecule has 3 heterocycles. The molecular weight excluding hydrogens is 461 g/mol. The van der Waals surface area contributed by atoms with Crippen LogP contribution in [0.2, 0.25) is 10.0 Å². The molecule has 2 amide bonds. The zero-order valence-electron chi connectivity index (χ0n) is 17.9. The monoisotopic (exact) mass is 479 g/mol. The largest absolute Gasteiger partial charge is 0.309 e. The molecule has 5 rings (SSSR count). The molecule has 2 aliphatic heterocycles. The minimum atomic E-state index is -1.31. The molecule has 0 fully saturated rings. The number of carbonyl (C=O) groups excluding carboxylic acids is 2. The van der Waals surface area contributed by atoms with Crippen LogP contribution in [0, 0.1) is 11.8 Å². The van der Waals surface area contributed by atoms with Gasteiger partial charge in [-0.25, -0.2) is 4.68 Å². The number of halogens is 2. The molecule has 1 N–H and O–H groups in total. The fourth-order valence-electron chi connectivity index (χ4n) is 4.61. The number of hydrogen-bond acceptors (Lipinski definition) is 4. The molecule has 9 heteroatoms. The first-order valence-electron chi connectivity index (χ1n) is 10.4. The van der Waals surface area contributed by atoms with Gasteiger partial charge in [-0.3, -0.25) is 14.5 Å². The highest BCUT2D eigenvalue weighted by atomic mass is 35.5. The number of fused-ring (bicyclic) bond motifs is 4. The van der Waals surface area contributed by atoms with E-state index in [9.17, 15) is 9.59 Å². The Bertz CT molecular complexity index is 1360. The lowest BCUT2D eigenvalue weighted by Gasteiger charge is -2.31. The smallest absolute Gasteiger partial charge is 0.245 e. The van der Waals surface area contributed by atoms with Crippen molar-refractivity contribution in [1.82, 2.24) is 15.0 Å². The van der Waals surface area contributed by atoms with E-state index in [1.807, 2.05) is 19.1 Å². The van der Waals surface area contributed by atoms with E-state index in [0.717, 1.165) is 5.56 Å². The first kappa shape index (κ1) is 21.5. The van der Waals surface area contributed by atoms with E-state index in [-0.39, 0.29) is 30.8 Å². The molecule has 0 bridgehead atoms. The number of benzene rings is 2. The van der Waals surface area contributed by atoms with Crippen molar-refractivity contribution in [2.75, 3.05) is 16.8 Å². The molecule has 0 unspecified atom stereocenters. The Balaban J connectivity index is 1.69. The van der Waals surface area contributed by atoms with Gasteiger partial charge in [-0.15, -0.1) is 11.0 Å². The van der Waals surface area contributed by atoms with Crippen molar-refractivity contribution in [3.05, 3.63) is 69.3 Å². The number of aromatic nitrogens is 3. The zero-order chi connectivity index (χ0) is 23.3. The number of nitrogens with zero attached hydrogens (tertiary/aromatic N) is 4. The minimum Gasteiger partial charge on any atom is -0.309 e. The fraction of sp³-hybridized carbons (Fsp3) is 0.250. The van der Waals surface area contributed by atoms with E-state index >= 15 is 0 Å². The SMILES string of the molecule is CC#CCN1C(=O)[C@]2(CC(=O)Nc3c2nnn3[C@@H](C)c2ccc(Cl)cc2)c2cc(Cl)ccc21. The van der Waals surface area contributed by atoms with E-state index < -0.39 is 5.41 Å². The van der Waals surface area contributed by atoms with Crippen molar-refractivity contribution in [1.29, 1.82) is 0 Å². The van der Waals surface area contributed by atoms with Gasteiger partial charge in [0.1, 0.15) is 11.1 Å². The van der Waals surface area contributed by atoms with Crippen LogP contribution in [-0.2, 0) is 15.0 Å². The van der Waals surface area contributed by atoms with Gasteiger partial charge >= 0.3 is 0 Å². The molecule has 3 aromatic rings. The predicted octanol–water partition coefficient (Wildman–Crippen LogP) is 4.19. The van der Waals surface area contributed by atoms with Crippen molar-refractivity contribution in [2.24, 2.45) is 0 Å². The van der Waals surface area contributed by atoms with Crippen molar-refractivity contribution < 1.29 is 9.59 Å². The highest BCUT2D eigenvalue weighted by molar-refractivity contribution is 6.31. The average molecular weight is 480 g/mol. The number of carbonyl (C=O) groups is 2. The Morgan fingerprint density at radius 1 is 1.15 bits per heavy atom. The lowest BCUT2D eigenvalue weighted by atomic mass is 9.73. The van der Waals surface area contributed by atoms with E-state index in [4.69, 9.17) is 23.2 Å². The molecule has 33 heavy (non-hydrogen) atoms. The summed E-state index contributed by atoms with van der Waals surface area (Å²) in [7, 11) is 0. The fourth-order valence-corrected chi connectivity index (χ4v) is 4.91. The lowest BCUT2D eigenvalue weighted by molar-refractivity contribution is -0.126. The summed E-state index contributed by atoms with van der Waals surface area (Å²) in [5.41, 5.74) is 1.34. The third-order valence-electron chi connectivity index (χ3n) is 6.23. The summed E-state index contributed by atoms with van der Waals surface area (Å²) in [6.07, 6.45) is -0.0871. The second-order valence-electron chi connectivity index (χ2n) is 8.07. The molecule has 7 nitrogen and oxygen atoms in total. The minimum absolute atomic E-state index is 0.0871. The van der Waals surface area contributed by atoms with Crippen LogP contribution in [0.3, 0.4) is 0 Å².